The minimum Gasteiger partial charge on any atom is -0.439 e. The molecule has 1 spiro atoms. The molecule has 3 atom stereocenters. The van der Waals surface area contributed by atoms with E-state index in [0.717, 1.165) is 39.8 Å². The molecule has 39 heavy (non-hydrogen) atoms. The van der Waals surface area contributed by atoms with Gasteiger partial charge in [-0.05, 0) is 58.7 Å². The van der Waals surface area contributed by atoms with Gasteiger partial charge in [-0.2, -0.15) is 26.3 Å². The number of ether oxygens (including phenoxy) is 1. The van der Waals surface area contributed by atoms with Crippen molar-refractivity contribution in [1.29, 1.82) is 0 Å². The summed E-state index contributed by atoms with van der Waals surface area (Å²) >= 11 is 0. The van der Waals surface area contributed by atoms with Gasteiger partial charge in [-0.3, -0.25) is 5.01 Å². The smallest absolute Gasteiger partial charge is 0.420 e. The molecule has 2 heterocycles. The van der Waals surface area contributed by atoms with Crippen LogP contribution in [0, 0.1) is 5.92 Å². The molecule has 3 unspecified atom stereocenters. The van der Waals surface area contributed by atoms with Crippen molar-refractivity contribution >= 4 is 23.7 Å². The lowest BCUT2D eigenvalue weighted by Crippen LogP contribution is -2.44. The van der Waals surface area contributed by atoms with Gasteiger partial charge < -0.3 is 4.74 Å². The standard InChI is InChI=1S/C30H18F6N2O/c1-27-14-28(27)20-9-4-8-17(23(20)28)24-18-12-15-6-2-3-7-16(15)13-19(18)26(37-38(24)27)39-25-21(29(31,32)33)10-5-11-22(25)30(34,35)36/h2-13,19H,14H2,1H3. The van der Waals surface area contributed by atoms with Gasteiger partial charge in [0.15, 0.2) is 5.75 Å². The van der Waals surface area contributed by atoms with Gasteiger partial charge in [0.25, 0.3) is 0 Å². The quantitative estimate of drug-likeness (QED) is 0.367. The van der Waals surface area contributed by atoms with Crippen LogP contribution in [-0.2, 0) is 17.8 Å². The Bertz CT molecular complexity index is 1800. The molecule has 3 aliphatic carbocycles. The Hall–Kier alpha value is -4.01. The summed E-state index contributed by atoms with van der Waals surface area (Å²) < 4.78 is 89.5. The summed E-state index contributed by atoms with van der Waals surface area (Å²) in [6.07, 6.45) is -5.62. The second kappa shape index (κ2) is 6.76. The van der Waals surface area contributed by atoms with Gasteiger partial charge in [-0.1, -0.05) is 54.6 Å². The monoisotopic (exact) mass is 536 g/mol. The first kappa shape index (κ1) is 22.9. The number of hydrogen-bond acceptors (Lipinski definition) is 3. The van der Waals surface area contributed by atoms with E-state index in [2.05, 4.69) is 6.07 Å². The fraction of sp³-hybridized carbons (Fsp3) is 0.233. The van der Waals surface area contributed by atoms with E-state index in [9.17, 15) is 26.3 Å². The van der Waals surface area contributed by atoms with Crippen LogP contribution in [0.4, 0.5) is 26.3 Å². The molecule has 1 saturated carbocycles. The number of hydrazone groups is 1. The number of benzene rings is 3. The van der Waals surface area contributed by atoms with Crippen LogP contribution in [0.25, 0.3) is 17.8 Å². The molecule has 3 aromatic carbocycles. The number of hydrogen-bond donors (Lipinski definition) is 0. The molecule has 0 saturated heterocycles. The SMILES string of the molecule is CC12CC13c1cccc(c13)C1=C3C=c4ccccc4=CC3C(Oc3c(C(F)(F)F)cccc3C(F)(F)F)=NN12. The molecule has 0 bridgehead atoms. The van der Waals surface area contributed by atoms with Crippen molar-refractivity contribution in [3.05, 3.63) is 104 Å². The maximum Gasteiger partial charge on any atom is 0.420 e. The lowest BCUT2D eigenvalue weighted by Gasteiger charge is -2.40. The number of fused-ring (bicyclic) bond motifs is 5. The average Bonchev–Trinajstić information content (AvgIpc) is 3.74. The van der Waals surface area contributed by atoms with Crippen molar-refractivity contribution in [2.24, 2.45) is 11.0 Å². The molecule has 1 fully saturated rings. The van der Waals surface area contributed by atoms with Crippen LogP contribution >= 0.6 is 0 Å². The maximum absolute atomic E-state index is 14.0. The van der Waals surface area contributed by atoms with Crippen molar-refractivity contribution < 1.29 is 31.1 Å². The van der Waals surface area contributed by atoms with Crippen LogP contribution in [0.5, 0.6) is 5.75 Å². The van der Waals surface area contributed by atoms with E-state index in [1.807, 2.05) is 49.4 Å². The van der Waals surface area contributed by atoms with Crippen LogP contribution in [-0.4, -0.2) is 16.4 Å². The summed E-state index contributed by atoms with van der Waals surface area (Å²) in [6, 6.07) is 15.5. The summed E-state index contributed by atoms with van der Waals surface area (Å²) in [7, 11) is 0. The van der Waals surface area contributed by atoms with Crippen molar-refractivity contribution in [1.82, 2.24) is 5.01 Å². The second-order valence-corrected chi connectivity index (χ2v) is 10.8. The van der Waals surface area contributed by atoms with Gasteiger partial charge >= 0.3 is 12.4 Å². The first-order valence-corrected chi connectivity index (χ1v) is 12.5. The highest BCUT2D eigenvalue weighted by molar-refractivity contribution is 6.01. The van der Waals surface area contributed by atoms with E-state index in [1.54, 1.807) is 11.1 Å². The van der Waals surface area contributed by atoms with E-state index < -0.39 is 40.7 Å². The number of rotatable bonds is 1. The Labute approximate surface area is 218 Å². The van der Waals surface area contributed by atoms with Gasteiger partial charge in [0.05, 0.1) is 28.3 Å². The molecule has 8 rings (SSSR count). The van der Waals surface area contributed by atoms with Gasteiger partial charge in [-0.25, -0.2) is 0 Å². The second-order valence-electron chi connectivity index (χ2n) is 10.8. The van der Waals surface area contributed by atoms with Crippen LogP contribution in [0.15, 0.2) is 71.3 Å². The van der Waals surface area contributed by atoms with Crippen LogP contribution < -0.4 is 15.2 Å². The number of para-hydroxylation sites is 1. The number of alkyl halides is 6. The van der Waals surface area contributed by atoms with E-state index >= 15 is 0 Å². The Kier molecular flexibility index (Phi) is 3.97. The molecular weight excluding hydrogens is 518 g/mol. The molecular formula is C30H18F6N2O. The topological polar surface area (TPSA) is 24.8 Å². The molecule has 5 aliphatic rings. The van der Waals surface area contributed by atoms with Crippen LogP contribution in [0.2, 0.25) is 0 Å². The average molecular weight is 536 g/mol. The number of nitrogens with zero attached hydrogens (tertiary/aromatic N) is 2. The van der Waals surface area contributed by atoms with E-state index in [4.69, 9.17) is 9.84 Å². The molecule has 196 valence electrons. The highest BCUT2D eigenvalue weighted by Gasteiger charge is 2.82. The molecule has 0 N–H and O–H groups in total. The molecule has 3 nitrogen and oxygen atoms in total. The minimum atomic E-state index is -5.07. The summed E-state index contributed by atoms with van der Waals surface area (Å²) in [6.45, 7) is 2.03. The van der Waals surface area contributed by atoms with E-state index in [0.29, 0.717) is 12.1 Å². The van der Waals surface area contributed by atoms with Crippen molar-refractivity contribution in [3.63, 3.8) is 0 Å². The van der Waals surface area contributed by atoms with Gasteiger partial charge in [0.2, 0.25) is 5.90 Å². The highest BCUT2D eigenvalue weighted by Crippen LogP contribution is 2.80. The van der Waals surface area contributed by atoms with Crippen LogP contribution in [0.3, 0.4) is 0 Å². The predicted molar refractivity (Wildman–Crippen MR) is 132 cm³/mol. The lowest BCUT2D eigenvalue weighted by molar-refractivity contribution is -0.144. The largest absolute Gasteiger partial charge is 0.439 e. The summed E-state index contributed by atoms with van der Waals surface area (Å²) in [5.74, 6) is -2.29. The van der Waals surface area contributed by atoms with Gasteiger partial charge in [0.1, 0.15) is 0 Å². The van der Waals surface area contributed by atoms with Crippen molar-refractivity contribution in [3.8, 4) is 5.75 Å². The minimum absolute atomic E-state index is 0.186. The van der Waals surface area contributed by atoms with Gasteiger partial charge in [0, 0.05) is 11.0 Å². The van der Waals surface area contributed by atoms with E-state index in [1.165, 1.54) is 11.1 Å². The zero-order valence-electron chi connectivity index (χ0n) is 20.3. The Morgan fingerprint density at radius 3 is 2.23 bits per heavy atom. The molecule has 2 aliphatic heterocycles. The normalized spacial score (nSPS) is 27.1. The Morgan fingerprint density at radius 1 is 0.872 bits per heavy atom. The summed E-state index contributed by atoms with van der Waals surface area (Å²) in [4.78, 5) is 0. The van der Waals surface area contributed by atoms with Crippen molar-refractivity contribution in [2.75, 3.05) is 0 Å². The molecule has 9 heteroatoms. The van der Waals surface area contributed by atoms with Crippen molar-refractivity contribution in [2.45, 2.75) is 36.7 Å². The zero-order valence-corrected chi connectivity index (χ0v) is 20.3. The summed E-state index contributed by atoms with van der Waals surface area (Å²) in [5.41, 5.74) is 1.38. The van der Waals surface area contributed by atoms with Gasteiger partial charge in [-0.15, -0.1) is 5.10 Å². The Balaban J connectivity index is 1.37. The number of halogens is 6. The zero-order chi connectivity index (χ0) is 27.1. The molecule has 3 aromatic rings. The molecule has 0 radical (unpaired) electrons. The lowest BCUT2D eigenvalue weighted by atomic mass is 9.85. The first-order chi connectivity index (χ1) is 18.4. The third kappa shape index (κ3) is 2.77. The third-order valence-corrected chi connectivity index (χ3v) is 8.79. The molecule has 0 aromatic heterocycles. The predicted octanol–water partition coefficient (Wildman–Crippen LogP) is 5.81. The molecule has 0 amide bonds. The maximum atomic E-state index is 14.0. The van der Waals surface area contributed by atoms with Crippen LogP contribution in [0.1, 0.15) is 41.2 Å². The highest BCUT2D eigenvalue weighted by atomic mass is 19.4. The third-order valence-electron chi connectivity index (χ3n) is 8.79. The fourth-order valence-corrected chi connectivity index (χ4v) is 6.92. The summed E-state index contributed by atoms with van der Waals surface area (Å²) in [5, 5.41) is 8.20. The first-order valence-electron chi connectivity index (χ1n) is 12.5. The Morgan fingerprint density at radius 2 is 1.54 bits per heavy atom. The van der Waals surface area contributed by atoms with E-state index in [-0.39, 0.29) is 11.3 Å². The fourth-order valence-electron chi connectivity index (χ4n) is 6.92.